The van der Waals surface area contributed by atoms with Crippen LogP contribution in [0.25, 0.3) is 0 Å². The number of nitrogens with two attached hydrogens (primary N) is 1. The van der Waals surface area contributed by atoms with Gasteiger partial charge < -0.3 is 15.2 Å². The molecule has 0 amide bonds. The van der Waals surface area contributed by atoms with Gasteiger partial charge >= 0.3 is 5.97 Å². The summed E-state index contributed by atoms with van der Waals surface area (Å²) < 4.78 is 11.1. The van der Waals surface area contributed by atoms with Gasteiger partial charge in [-0.05, 0) is 44.0 Å². The standard InChI is InChI=1S/C13H18BrNO3/c1-17-13(16)11-9-10(14)5-6-12(11)18-8-4-2-3-7-15/h5-6,9H,2-4,7-8,15H2,1H3. The highest BCUT2D eigenvalue weighted by Gasteiger charge is 2.13. The minimum absolute atomic E-state index is 0.395. The Kier molecular flexibility index (Phi) is 6.75. The molecular formula is C13H18BrNO3. The Hall–Kier alpha value is -1.07. The molecular weight excluding hydrogens is 298 g/mol. The summed E-state index contributed by atoms with van der Waals surface area (Å²) in [5, 5.41) is 0. The third kappa shape index (κ3) is 4.66. The van der Waals surface area contributed by atoms with Crippen LogP contribution in [0.3, 0.4) is 0 Å². The molecule has 0 aliphatic heterocycles. The summed E-state index contributed by atoms with van der Waals surface area (Å²) in [6, 6.07) is 5.29. The van der Waals surface area contributed by atoms with Crippen LogP contribution < -0.4 is 10.5 Å². The molecule has 1 aromatic rings. The highest BCUT2D eigenvalue weighted by molar-refractivity contribution is 9.10. The van der Waals surface area contributed by atoms with Gasteiger partial charge in [-0.2, -0.15) is 0 Å². The second-order valence-electron chi connectivity index (χ2n) is 3.83. The van der Waals surface area contributed by atoms with Gasteiger partial charge in [0.1, 0.15) is 11.3 Å². The summed E-state index contributed by atoms with van der Waals surface area (Å²) in [6.45, 7) is 1.28. The van der Waals surface area contributed by atoms with Crippen molar-refractivity contribution in [3.05, 3.63) is 28.2 Å². The number of esters is 1. The summed E-state index contributed by atoms with van der Waals surface area (Å²) in [5.41, 5.74) is 5.85. The molecule has 0 saturated carbocycles. The molecule has 1 rings (SSSR count). The zero-order valence-corrected chi connectivity index (χ0v) is 12.0. The lowest BCUT2D eigenvalue weighted by Crippen LogP contribution is -2.07. The summed E-state index contributed by atoms with van der Waals surface area (Å²) in [6.07, 6.45) is 2.95. The van der Waals surface area contributed by atoms with Crippen LogP contribution in [-0.4, -0.2) is 26.2 Å². The maximum Gasteiger partial charge on any atom is 0.341 e. The van der Waals surface area contributed by atoms with Crippen LogP contribution in [0.4, 0.5) is 0 Å². The van der Waals surface area contributed by atoms with E-state index in [2.05, 4.69) is 15.9 Å². The monoisotopic (exact) mass is 315 g/mol. The zero-order valence-electron chi connectivity index (χ0n) is 10.4. The van der Waals surface area contributed by atoms with Crippen molar-refractivity contribution >= 4 is 21.9 Å². The largest absolute Gasteiger partial charge is 0.493 e. The third-order valence-electron chi connectivity index (χ3n) is 2.45. The molecule has 0 saturated heterocycles. The molecule has 0 unspecified atom stereocenters. The number of halogens is 1. The lowest BCUT2D eigenvalue weighted by molar-refractivity contribution is 0.0596. The Bertz CT molecular complexity index is 396. The van der Waals surface area contributed by atoms with Crippen molar-refractivity contribution in [2.75, 3.05) is 20.3 Å². The first-order chi connectivity index (χ1) is 8.69. The molecule has 5 heteroatoms. The average Bonchev–Trinajstić information content (AvgIpc) is 2.39. The maximum absolute atomic E-state index is 11.6. The van der Waals surface area contributed by atoms with Crippen LogP contribution in [0, 0.1) is 0 Å². The van der Waals surface area contributed by atoms with Crippen molar-refractivity contribution in [1.29, 1.82) is 0 Å². The molecule has 100 valence electrons. The number of rotatable bonds is 7. The van der Waals surface area contributed by atoms with E-state index in [4.69, 9.17) is 15.2 Å². The number of methoxy groups -OCH3 is 1. The summed E-state index contributed by atoms with van der Waals surface area (Å²) in [5.74, 6) is 0.158. The molecule has 0 heterocycles. The normalized spacial score (nSPS) is 10.2. The lowest BCUT2D eigenvalue weighted by Gasteiger charge is -2.10. The van der Waals surface area contributed by atoms with Crippen molar-refractivity contribution in [2.45, 2.75) is 19.3 Å². The molecule has 0 radical (unpaired) electrons. The van der Waals surface area contributed by atoms with Gasteiger partial charge in [-0.3, -0.25) is 0 Å². The van der Waals surface area contributed by atoms with Gasteiger partial charge in [-0.25, -0.2) is 4.79 Å². The van der Waals surface area contributed by atoms with Crippen molar-refractivity contribution in [3.63, 3.8) is 0 Å². The second kappa shape index (κ2) is 8.11. The van der Waals surface area contributed by atoms with E-state index in [1.807, 2.05) is 6.07 Å². The third-order valence-corrected chi connectivity index (χ3v) is 2.95. The Labute approximate surface area is 116 Å². The highest BCUT2D eigenvalue weighted by atomic mass is 79.9. The van der Waals surface area contributed by atoms with E-state index < -0.39 is 5.97 Å². The van der Waals surface area contributed by atoms with Crippen LogP contribution >= 0.6 is 15.9 Å². The zero-order chi connectivity index (χ0) is 13.4. The molecule has 0 aromatic heterocycles. The molecule has 18 heavy (non-hydrogen) atoms. The lowest BCUT2D eigenvalue weighted by atomic mass is 10.2. The quantitative estimate of drug-likeness (QED) is 0.621. The van der Waals surface area contributed by atoms with Gasteiger partial charge in [0.25, 0.3) is 0 Å². The van der Waals surface area contributed by atoms with Crippen molar-refractivity contribution in [1.82, 2.24) is 0 Å². The topological polar surface area (TPSA) is 61.5 Å². The van der Waals surface area contributed by atoms with Gasteiger partial charge in [-0.15, -0.1) is 0 Å². The van der Waals surface area contributed by atoms with Crippen molar-refractivity contribution in [3.8, 4) is 5.75 Å². The summed E-state index contributed by atoms with van der Waals surface area (Å²) >= 11 is 3.32. The number of benzene rings is 1. The van der Waals surface area contributed by atoms with Crippen molar-refractivity contribution < 1.29 is 14.3 Å². The minimum atomic E-state index is -0.395. The summed E-state index contributed by atoms with van der Waals surface area (Å²) in [7, 11) is 1.36. The van der Waals surface area contributed by atoms with Crippen LogP contribution in [-0.2, 0) is 4.74 Å². The first-order valence-electron chi connectivity index (χ1n) is 5.89. The Balaban J connectivity index is 2.61. The second-order valence-corrected chi connectivity index (χ2v) is 4.75. The number of unbranched alkanes of at least 4 members (excludes halogenated alkanes) is 2. The smallest absolute Gasteiger partial charge is 0.341 e. The fraction of sp³-hybridized carbons (Fsp3) is 0.462. The highest BCUT2D eigenvalue weighted by Crippen LogP contribution is 2.24. The average molecular weight is 316 g/mol. The van der Waals surface area contributed by atoms with Crippen LogP contribution in [0.5, 0.6) is 5.75 Å². The van der Waals surface area contributed by atoms with E-state index in [0.717, 1.165) is 23.7 Å². The molecule has 0 bridgehead atoms. The fourth-order valence-electron chi connectivity index (χ4n) is 1.50. The first kappa shape index (κ1) is 15.0. The van der Waals surface area contributed by atoms with Crippen LogP contribution in [0.2, 0.25) is 0 Å². The Morgan fingerprint density at radius 3 is 2.78 bits per heavy atom. The van der Waals surface area contributed by atoms with Gasteiger partial charge in [-0.1, -0.05) is 15.9 Å². The maximum atomic E-state index is 11.6. The Morgan fingerprint density at radius 1 is 1.33 bits per heavy atom. The predicted molar refractivity (Wildman–Crippen MR) is 73.9 cm³/mol. The minimum Gasteiger partial charge on any atom is -0.493 e. The molecule has 0 aliphatic carbocycles. The number of ether oxygens (including phenoxy) is 2. The van der Waals surface area contributed by atoms with Gasteiger partial charge in [0.05, 0.1) is 13.7 Å². The van der Waals surface area contributed by atoms with E-state index in [1.54, 1.807) is 12.1 Å². The van der Waals surface area contributed by atoms with E-state index in [0.29, 0.717) is 24.5 Å². The predicted octanol–water partition coefficient (Wildman–Crippen LogP) is 2.74. The SMILES string of the molecule is COC(=O)c1cc(Br)ccc1OCCCCCN. The van der Waals surface area contributed by atoms with Crippen LogP contribution in [0.1, 0.15) is 29.6 Å². The number of carbonyl (C=O) groups excluding carboxylic acids is 1. The van der Waals surface area contributed by atoms with Gasteiger partial charge in [0, 0.05) is 4.47 Å². The molecule has 0 aliphatic rings. The van der Waals surface area contributed by atoms with E-state index in [-0.39, 0.29) is 0 Å². The van der Waals surface area contributed by atoms with Crippen LogP contribution in [0.15, 0.2) is 22.7 Å². The van der Waals surface area contributed by atoms with Crippen molar-refractivity contribution in [2.24, 2.45) is 5.73 Å². The molecule has 2 N–H and O–H groups in total. The van der Waals surface area contributed by atoms with E-state index >= 15 is 0 Å². The first-order valence-corrected chi connectivity index (χ1v) is 6.69. The number of hydrogen-bond donors (Lipinski definition) is 1. The molecule has 0 fully saturated rings. The molecule has 0 spiro atoms. The molecule has 1 aromatic carbocycles. The number of carbonyl (C=O) groups is 1. The Morgan fingerprint density at radius 2 is 2.11 bits per heavy atom. The summed E-state index contributed by atoms with van der Waals surface area (Å²) in [4.78, 5) is 11.6. The molecule has 4 nitrogen and oxygen atoms in total. The number of hydrogen-bond acceptors (Lipinski definition) is 4. The molecule has 0 atom stereocenters. The fourth-order valence-corrected chi connectivity index (χ4v) is 1.86. The van der Waals surface area contributed by atoms with Gasteiger partial charge in [0.15, 0.2) is 0 Å². The van der Waals surface area contributed by atoms with E-state index in [9.17, 15) is 4.79 Å². The van der Waals surface area contributed by atoms with Gasteiger partial charge in [0.2, 0.25) is 0 Å². The van der Waals surface area contributed by atoms with E-state index in [1.165, 1.54) is 7.11 Å².